The molecule has 0 aliphatic rings. The molecular formula is C17H14N2O6. The van der Waals surface area contributed by atoms with Crippen LogP contribution in [-0.4, -0.2) is 29.2 Å². The standard InChI is InChI=1S/C17H14N2O6/c1-11(20)18-15-5-3-2-4-14(15)17(22)25-10-16(21)12-6-8-13(9-7-12)19(23)24/h2-9H,10H2,1H3,(H,18,20). The van der Waals surface area contributed by atoms with Crippen molar-refractivity contribution in [2.75, 3.05) is 11.9 Å². The molecule has 2 rings (SSSR count). The van der Waals surface area contributed by atoms with Crippen molar-refractivity contribution in [3.63, 3.8) is 0 Å². The van der Waals surface area contributed by atoms with Crippen molar-refractivity contribution < 1.29 is 24.0 Å². The van der Waals surface area contributed by atoms with Crippen LogP contribution >= 0.6 is 0 Å². The Hall–Kier alpha value is -3.55. The number of nitrogens with zero attached hydrogens (tertiary/aromatic N) is 1. The molecule has 0 aliphatic carbocycles. The van der Waals surface area contributed by atoms with E-state index < -0.39 is 23.3 Å². The summed E-state index contributed by atoms with van der Waals surface area (Å²) in [5.41, 5.74) is 0.448. The van der Waals surface area contributed by atoms with E-state index in [0.717, 1.165) is 0 Å². The summed E-state index contributed by atoms with van der Waals surface area (Å²) in [6.07, 6.45) is 0. The molecule has 0 radical (unpaired) electrons. The van der Waals surface area contributed by atoms with Gasteiger partial charge in [0.1, 0.15) is 0 Å². The third-order valence-electron chi connectivity index (χ3n) is 3.19. The first-order valence-electron chi connectivity index (χ1n) is 7.20. The Morgan fingerprint density at radius 3 is 2.32 bits per heavy atom. The normalized spacial score (nSPS) is 9.96. The molecular weight excluding hydrogens is 328 g/mol. The minimum absolute atomic E-state index is 0.120. The number of non-ortho nitro benzene ring substituents is 1. The molecule has 0 atom stereocenters. The third kappa shape index (κ3) is 4.71. The van der Waals surface area contributed by atoms with E-state index in [-0.39, 0.29) is 28.4 Å². The van der Waals surface area contributed by atoms with Gasteiger partial charge in [0, 0.05) is 24.6 Å². The number of para-hydroxylation sites is 1. The zero-order valence-corrected chi connectivity index (χ0v) is 13.2. The van der Waals surface area contributed by atoms with Crippen LogP contribution in [0.1, 0.15) is 27.6 Å². The second-order valence-electron chi connectivity index (χ2n) is 5.03. The lowest BCUT2D eigenvalue weighted by Gasteiger charge is -2.09. The Morgan fingerprint density at radius 2 is 1.72 bits per heavy atom. The Balaban J connectivity index is 2.03. The van der Waals surface area contributed by atoms with Gasteiger partial charge in [-0.3, -0.25) is 19.7 Å². The zero-order chi connectivity index (χ0) is 18.4. The second kappa shape index (κ2) is 7.82. The number of benzene rings is 2. The Labute approximate surface area is 142 Å². The zero-order valence-electron chi connectivity index (χ0n) is 13.2. The quantitative estimate of drug-likeness (QED) is 0.373. The molecule has 0 unspecified atom stereocenters. The summed E-state index contributed by atoms with van der Waals surface area (Å²) in [6.45, 7) is 0.783. The van der Waals surface area contributed by atoms with Crippen molar-refractivity contribution in [1.82, 2.24) is 0 Å². The first-order chi connectivity index (χ1) is 11.9. The number of Topliss-reactive ketones (excluding diaryl/α,β-unsaturated/α-hetero) is 1. The third-order valence-corrected chi connectivity index (χ3v) is 3.19. The molecule has 2 aromatic carbocycles. The largest absolute Gasteiger partial charge is 0.454 e. The summed E-state index contributed by atoms with van der Waals surface area (Å²) in [5.74, 6) is -1.61. The highest BCUT2D eigenvalue weighted by Gasteiger charge is 2.16. The maximum Gasteiger partial charge on any atom is 0.340 e. The van der Waals surface area contributed by atoms with Crippen LogP contribution in [0.25, 0.3) is 0 Å². The fourth-order valence-corrected chi connectivity index (χ4v) is 2.02. The maximum absolute atomic E-state index is 12.1. The molecule has 0 saturated heterocycles. The Morgan fingerprint density at radius 1 is 1.08 bits per heavy atom. The number of anilines is 1. The van der Waals surface area contributed by atoms with E-state index in [1.807, 2.05) is 0 Å². The SMILES string of the molecule is CC(=O)Nc1ccccc1C(=O)OCC(=O)c1ccc([N+](=O)[O-])cc1. The van der Waals surface area contributed by atoms with Crippen LogP contribution in [0, 0.1) is 10.1 Å². The smallest absolute Gasteiger partial charge is 0.340 e. The molecule has 128 valence electrons. The molecule has 0 saturated carbocycles. The number of esters is 1. The van der Waals surface area contributed by atoms with Crippen molar-refractivity contribution >= 4 is 29.0 Å². The van der Waals surface area contributed by atoms with Gasteiger partial charge in [0.05, 0.1) is 16.2 Å². The highest BCUT2D eigenvalue weighted by molar-refractivity contribution is 6.03. The minimum Gasteiger partial charge on any atom is -0.454 e. The number of carbonyl (C=O) groups excluding carboxylic acids is 3. The summed E-state index contributed by atoms with van der Waals surface area (Å²) in [7, 11) is 0. The number of ketones is 1. The summed E-state index contributed by atoms with van der Waals surface area (Å²) < 4.78 is 4.97. The van der Waals surface area contributed by atoms with Gasteiger partial charge in [-0.15, -0.1) is 0 Å². The number of nitro groups is 1. The molecule has 8 nitrogen and oxygen atoms in total. The summed E-state index contributed by atoms with van der Waals surface area (Å²) >= 11 is 0. The van der Waals surface area contributed by atoms with E-state index in [9.17, 15) is 24.5 Å². The fraction of sp³-hybridized carbons (Fsp3) is 0.118. The molecule has 8 heteroatoms. The lowest BCUT2D eigenvalue weighted by molar-refractivity contribution is -0.384. The lowest BCUT2D eigenvalue weighted by Crippen LogP contribution is -2.16. The Kier molecular flexibility index (Phi) is 5.57. The number of nitro benzene ring substituents is 1. The van der Waals surface area contributed by atoms with Crippen molar-refractivity contribution in [2.24, 2.45) is 0 Å². The minimum atomic E-state index is -0.764. The van der Waals surface area contributed by atoms with E-state index in [4.69, 9.17) is 4.74 Å². The van der Waals surface area contributed by atoms with E-state index in [1.54, 1.807) is 12.1 Å². The van der Waals surface area contributed by atoms with Gasteiger partial charge in [-0.25, -0.2) is 4.79 Å². The molecule has 0 aromatic heterocycles. The molecule has 1 N–H and O–H groups in total. The van der Waals surface area contributed by atoms with E-state index >= 15 is 0 Å². The van der Waals surface area contributed by atoms with Gasteiger partial charge in [0.2, 0.25) is 5.91 Å². The van der Waals surface area contributed by atoms with E-state index in [1.165, 1.54) is 43.3 Å². The molecule has 1 amide bonds. The van der Waals surface area contributed by atoms with Crippen LogP contribution in [0.5, 0.6) is 0 Å². The molecule has 2 aromatic rings. The number of amides is 1. The number of carbonyl (C=O) groups is 3. The Bertz CT molecular complexity index is 829. The van der Waals surface area contributed by atoms with Gasteiger partial charge in [0.15, 0.2) is 12.4 Å². The topological polar surface area (TPSA) is 116 Å². The van der Waals surface area contributed by atoms with Crippen LogP contribution in [0.4, 0.5) is 11.4 Å². The van der Waals surface area contributed by atoms with Crippen LogP contribution in [0.15, 0.2) is 48.5 Å². The molecule has 0 heterocycles. The molecule has 0 fully saturated rings. The maximum atomic E-state index is 12.1. The van der Waals surface area contributed by atoms with Crippen molar-refractivity contribution in [1.29, 1.82) is 0 Å². The van der Waals surface area contributed by atoms with Crippen LogP contribution < -0.4 is 5.32 Å². The average molecular weight is 342 g/mol. The van der Waals surface area contributed by atoms with Gasteiger partial charge < -0.3 is 10.1 Å². The van der Waals surface area contributed by atoms with Gasteiger partial charge in [-0.05, 0) is 24.3 Å². The van der Waals surface area contributed by atoms with Crippen molar-refractivity contribution in [2.45, 2.75) is 6.92 Å². The first kappa shape index (κ1) is 17.8. The van der Waals surface area contributed by atoms with Crippen LogP contribution in [0.2, 0.25) is 0 Å². The van der Waals surface area contributed by atoms with Crippen LogP contribution in [-0.2, 0) is 9.53 Å². The molecule has 0 bridgehead atoms. The molecule has 0 spiro atoms. The summed E-state index contributed by atoms with van der Waals surface area (Å²) in [5, 5.41) is 13.1. The first-order valence-corrected chi connectivity index (χ1v) is 7.20. The van der Waals surface area contributed by atoms with E-state index in [2.05, 4.69) is 5.32 Å². The number of ether oxygens (including phenoxy) is 1. The monoisotopic (exact) mass is 342 g/mol. The van der Waals surface area contributed by atoms with Gasteiger partial charge in [-0.1, -0.05) is 12.1 Å². The molecule has 25 heavy (non-hydrogen) atoms. The highest BCUT2D eigenvalue weighted by atomic mass is 16.6. The number of hydrogen-bond acceptors (Lipinski definition) is 6. The number of nitrogens with one attached hydrogen (secondary N) is 1. The summed E-state index contributed by atoms with van der Waals surface area (Å²) in [4.78, 5) is 45.3. The van der Waals surface area contributed by atoms with Crippen LogP contribution in [0.3, 0.4) is 0 Å². The van der Waals surface area contributed by atoms with Crippen molar-refractivity contribution in [3.8, 4) is 0 Å². The lowest BCUT2D eigenvalue weighted by atomic mass is 10.1. The van der Waals surface area contributed by atoms with E-state index in [0.29, 0.717) is 0 Å². The van der Waals surface area contributed by atoms with Gasteiger partial charge in [-0.2, -0.15) is 0 Å². The summed E-state index contributed by atoms with van der Waals surface area (Å²) in [6, 6.07) is 11.2. The second-order valence-corrected chi connectivity index (χ2v) is 5.03. The van der Waals surface area contributed by atoms with Gasteiger partial charge >= 0.3 is 5.97 Å². The predicted molar refractivity (Wildman–Crippen MR) is 88.5 cm³/mol. The number of hydrogen-bond donors (Lipinski definition) is 1. The van der Waals surface area contributed by atoms with Gasteiger partial charge in [0.25, 0.3) is 5.69 Å². The highest BCUT2D eigenvalue weighted by Crippen LogP contribution is 2.17. The predicted octanol–water partition coefficient (Wildman–Crippen LogP) is 2.59. The fourth-order valence-electron chi connectivity index (χ4n) is 2.02. The van der Waals surface area contributed by atoms with Crippen molar-refractivity contribution in [3.05, 3.63) is 69.8 Å². The molecule has 0 aliphatic heterocycles. The number of rotatable bonds is 6. The average Bonchev–Trinajstić information content (AvgIpc) is 2.59.